The molecule has 0 radical (unpaired) electrons. The molecule has 0 aromatic heterocycles. The smallest absolute Gasteiger partial charge is 0.0616 e. The SMILES string of the molecule is [2H]c1cc2ccccc2c2c1[C@@H](C)CCC2. The maximum atomic E-state index is 8.16. The van der Waals surface area contributed by atoms with Gasteiger partial charge in [0.05, 0.1) is 1.37 Å². The van der Waals surface area contributed by atoms with Crippen LogP contribution in [-0.4, -0.2) is 0 Å². The zero-order valence-corrected chi connectivity index (χ0v) is 9.09. The van der Waals surface area contributed by atoms with E-state index in [1.807, 2.05) is 6.07 Å². The van der Waals surface area contributed by atoms with Crippen LogP contribution in [0, 0.1) is 0 Å². The van der Waals surface area contributed by atoms with Gasteiger partial charge in [-0.1, -0.05) is 43.3 Å². The zero-order chi connectivity index (χ0) is 11.1. The van der Waals surface area contributed by atoms with E-state index in [1.54, 1.807) is 0 Å². The Labute approximate surface area is 92.3 Å². The Bertz CT molecular complexity index is 542. The molecule has 0 bridgehead atoms. The second-order valence-corrected chi connectivity index (χ2v) is 4.56. The number of benzene rings is 2. The van der Waals surface area contributed by atoms with E-state index < -0.39 is 0 Å². The van der Waals surface area contributed by atoms with Crippen LogP contribution in [0.3, 0.4) is 0 Å². The third-order valence-corrected chi connectivity index (χ3v) is 3.55. The van der Waals surface area contributed by atoms with E-state index >= 15 is 0 Å². The number of fused-ring (bicyclic) bond motifs is 3. The van der Waals surface area contributed by atoms with Gasteiger partial charge in [0.25, 0.3) is 0 Å². The zero-order valence-electron chi connectivity index (χ0n) is 10.1. The number of aryl methyl sites for hydroxylation is 1. The van der Waals surface area contributed by atoms with Gasteiger partial charge in [0.15, 0.2) is 0 Å². The predicted octanol–water partition coefficient (Wildman–Crippen LogP) is 4.28. The van der Waals surface area contributed by atoms with Gasteiger partial charge >= 0.3 is 0 Å². The van der Waals surface area contributed by atoms with Crippen LogP contribution in [0.5, 0.6) is 0 Å². The van der Waals surface area contributed by atoms with Crippen LogP contribution in [0.4, 0.5) is 0 Å². The average molecular weight is 197 g/mol. The van der Waals surface area contributed by atoms with Crippen molar-refractivity contribution >= 4 is 10.8 Å². The van der Waals surface area contributed by atoms with Crippen LogP contribution in [0.25, 0.3) is 10.8 Å². The van der Waals surface area contributed by atoms with Crippen LogP contribution < -0.4 is 0 Å². The Hall–Kier alpha value is -1.30. The molecular weight excluding hydrogens is 180 g/mol. The molecule has 0 amide bonds. The fraction of sp³-hybridized carbons (Fsp3) is 0.333. The maximum absolute atomic E-state index is 8.16. The highest BCUT2D eigenvalue weighted by atomic mass is 14.2. The second-order valence-electron chi connectivity index (χ2n) is 4.56. The van der Waals surface area contributed by atoms with Crippen molar-refractivity contribution in [2.24, 2.45) is 0 Å². The summed E-state index contributed by atoms with van der Waals surface area (Å²) in [6.07, 6.45) is 3.64. The summed E-state index contributed by atoms with van der Waals surface area (Å²) in [6.45, 7) is 2.25. The Balaban J connectivity index is 2.39. The summed E-state index contributed by atoms with van der Waals surface area (Å²) in [7, 11) is 0. The topological polar surface area (TPSA) is 0 Å². The first-order valence-corrected chi connectivity index (χ1v) is 5.78. The highest BCUT2D eigenvalue weighted by Crippen LogP contribution is 2.35. The fourth-order valence-corrected chi connectivity index (χ4v) is 2.72. The van der Waals surface area contributed by atoms with Crippen molar-refractivity contribution in [3.8, 4) is 0 Å². The molecule has 2 aromatic carbocycles. The van der Waals surface area contributed by atoms with Gasteiger partial charge in [-0.3, -0.25) is 0 Å². The highest BCUT2D eigenvalue weighted by molar-refractivity contribution is 5.87. The molecule has 0 saturated heterocycles. The summed E-state index contributed by atoms with van der Waals surface area (Å²) in [5, 5.41) is 2.58. The summed E-state index contributed by atoms with van der Waals surface area (Å²) < 4.78 is 8.16. The normalized spacial score (nSPS) is 21.1. The van der Waals surface area contributed by atoms with Crippen LogP contribution in [0.2, 0.25) is 0 Å². The molecule has 0 aliphatic heterocycles. The molecule has 0 saturated carbocycles. The van der Waals surface area contributed by atoms with E-state index in [2.05, 4.69) is 31.2 Å². The van der Waals surface area contributed by atoms with Crippen LogP contribution >= 0.6 is 0 Å². The minimum absolute atomic E-state index is 0.556. The molecule has 76 valence electrons. The first-order valence-electron chi connectivity index (χ1n) is 6.28. The van der Waals surface area contributed by atoms with Crippen molar-refractivity contribution < 1.29 is 1.37 Å². The monoisotopic (exact) mass is 197 g/mol. The summed E-state index contributed by atoms with van der Waals surface area (Å²) in [5.74, 6) is 0.556. The first kappa shape index (κ1) is 7.92. The van der Waals surface area contributed by atoms with Crippen molar-refractivity contribution in [2.75, 3.05) is 0 Å². The second kappa shape index (κ2) is 3.37. The molecule has 0 N–H and O–H groups in total. The number of hydrogen-bond donors (Lipinski definition) is 0. The minimum Gasteiger partial charge on any atom is -0.0616 e. The van der Waals surface area contributed by atoms with E-state index in [1.165, 1.54) is 34.7 Å². The molecular formula is C15H16. The van der Waals surface area contributed by atoms with E-state index in [0.29, 0.717) is 5.92 Å². The van der Waals surface area contributed by atoms with Crippen LogP contribution in [0.1, 0.15) is 38.2 Å². The van der Waals surface area contributed by atoms with Gasteiger partial charge < -0.3 is 0 Å². The Morgan fingerprint density at radius 1 is 1.27 bits per heavy atom. The Kier molecular flexibility index (Phi) is 1.78. The molecule has 0 nitrogen and oxygen atoms in total. The average Bonchev–Trinajstić information content (AvgIpc) is 2.29. The summed E-state index contributed by atoms with van der Waals surface area (Å²) >= 11 is 0. The van der Waals surface area contributed by atoms with Gasteiger partial charge in [0, 0.05) is 0 Å². The van der Waals surface area contributed by atoms with E-state index in [-0.39, 0.29) is 0 Å². The van der Waals surface area contributed by atoms with Gasteiger partial charge in [0.1, 0.15) is 0 Å². The fourth-order valence-electron chi connectivity index (χ4n) is 2.72. The largest absolute Gasteiger partial charge is 0.0626 e. The van der Waals surface area contributed by atoms with Gasteiger partial charge in [-0.25, -0.2) is 0 Å². The lowest BCUT2D eigenvalue weighted by Crippen LogP contribution is -2.07. The Morgan fingerprint density at radius 3 is 3.07 bits per heavy atom. The van der Waals surface area contributed by atoms with Gasteiger partial charge in [-0.2, -0.15) is 0 Å². The molecule has 1 atom stereocenters. The first-order chi connectivity index (χ1) is 7.77. The third kappa shape index (κ3) is 1.36. The van der Waals surface area contributed by atoms with Gasteiger partial charge in [-0.05, 0) is 47.1 Å². The molecule has 0 heteroatoms. The summed E-state index contributed by atoms with van der Waals surface area (Å²) in [6, 6.07) is 11.2. The lowest BCUT2D eigenvalue weighted by atomic mass is 9.81. The third-order valence-electron chi connectivity index (χ3n) is 3.55. The highest BCUT2D eigenvalue weighted by Gasteiger charge is 2.17. The van der Waals surface area contributed by atoms with Gasteiger partial charge in [0.2, 0.25) is 0 Å². The minimum atomic E-state index is 0.556. The van der Waals surface area contributed by atoms with E-state index in [9.17, 15) is 0 Å². The van der Waals surface area contributed by atoms with Crippen molar-refractivity contribution in [3.63, 3.8) is 0 Å². The van der Waals surface area contributed by atoms with Crippen LogP contribution in [-0.2, 0) is 6.42 Å². The van der Waals surface area contributed by atoms with E-state index in [4.69, 9.17) is 1.37 Å². The van der Waals surface area contributed by atoms with Crippen molar-refractivity contribution in [1.29, 1.82) is 0 Å². The quantitative estimate of drug-likeness (QED) is 0.591. The molecule has 0 fully saturated rings. The summed E-state index contributed by atoms with van der Waals surface area (Å²) in [5.41, 5.74) is 2.73. The molecule has 1 aliphatic rings. The summed E-state index contributed by atoms with van der Waals surface area (Å²) in [4.78, 5) is 0. The van der Waals surface area contributed by atoms with Crippen LogP contribution in [0.15, 0.2) is 36.4 Å². The van der Waals surface area contributed by atoms with Crippen molar-refractivity contribution in [1.82, 2.24) is 0 Å². The van der Waals surface area contributed by atoms with Crippen molar-refractivity contribution in [2.45, 2.75) is 32.1 Å². The number of hydrogen-bond acceptors (Lipinski definition) is 0. The lowest BCUT2D eigenvalue weighted by molar-refractivity contribution is 0.593. The molecule has 3 rings (SSSR count). The maximum Gasteiger partial charge on any atom is 0.0626 e. The van der Waals surface area contributed by atoms with E-state index in [0.717, 1.165) is 12.5 Å². The lowest BCUT2D eigenvalue weighted by Gasteiger charge is -2.23. The predicted molar refractivity (Wildman–Crippen MR) is 65.3 cm³/mol. The number of rotatable bonds is 0. The molecule has 2 aromatic rings. The molecule has 0 unspecified atom stereocenters. The van der Waals surface area contributed by atoms with Crippen molar-refractivity contribution in [3.05, 3.63) is 47.5 Å². The molecule has 15 heavy (non-hydrogen) atoms. The Morgan fingerprint density at radius 2 is 2.13 bits per heavy atom. The van der Waals surface area contributed by atoms with Gasteiger partial charge in [-0.15, -0.1) is 0 Å². The standard InChI is InChI=1S/C15H16/c1-11-5-4-8-15-13(11)10-9-12-6-2-3-7-14(12)15/h2-3,6-7,9-11H,4-5,8H2,1H3/t11-/m0/s1/i10D. The molecule has 1 aliphatic carbocycles. The molecule has 0 spiro atoms. The molecule has 0 heterocycles.